The third-order valence-corrected chi connectivity index (χ3v) is 6.34. The lowest BCUT2D eigenvalue weighted by Gasteiger charge is -2.23. The second kappa shape index (κ2) is 7.15. The fraction of sp³-hybridized carbons (Fsp3) is 0.381. The molecule has 0 spiro atoms. The van der Waals surface area contributed by atoms with E-state index in [0.717, 1.165) is 0 Å². The van der Waals surface area contributed by atoms with Crippen LogP contribution in [0.3, 0.4) is 0 Å². The highest BCUT2D eigenvalue weighted by atomic mass is 16.3. The molecule has 164 valence electrons. The van der Waals surface area contributed by atoms with Crippen LogP contribution in [0.5, 0.6) is 5.75 Å². The quantitative estimate of drug-likeness (QED) is 0.339. The minimum Gasteiger partial charge on any atom is -0.506 e. The summed E-state index contributed by atoms with van der Waals surface area (Å²) in [7, 11) is 3.22. The molecule has 2 aliphatic carbocycles. The molecule has 11 nitrogen and oxygen atoms in total. The van der Waals surface area contributed by atoms with Gasteiger partial charge in [0.05, 0.1) is 30.1 Å². The molecule has 0 aromatic carbocycles. The molecule has 11 heteroatoms. The number of aliphatic hydroxyl groups excluding tert-OH is 2. The standard InChI is InChI=1S/C21H21N7O4/c1-22-18-14-19(27-13(26-18)4-3-10-5-11(29)8-24-7-10)28(9-25-14)15-12-6-21(12,20(32)23-2)17(31)16(15)30/h5,7-9,12,15-17,29-31H,6H2,1-2H3,(H,23,32)(H,22,26,27)/t12?,15-,16+,17+,21?/m1/s1. The number of aromatic nitrogens is 5. The SMILES string of the molecule is CNC(=O)C12CC1[C@@H](n1cnc3c(NC)nc(C#Cc4cncc(O)c4)nc31)[C@H](O)[C@@H]2O. The zero-order valence-electron chi connectivity index (χ0n) is 17.3. The molecule has 32 heavy (non-hydrogen) atoms. The second-order valence-corrected chi connectivity index (χ2v) is 8.01. The smallest absolute Gasteiger partial charge is 0.229 e. The number of amides is 1. The largest absolute Gasteiger partial charge is 0.506 e. The maximum absolute atomic E-state index is 12.4. The number of pyridine rings is 1. The van der Waals surface area contributed by atoms with Gasteiger partial charge in [0, 0.05) is 31.8 Å². The van der Waals surface area contributed by atoms with Crippen LogP contribution in [-0.4, -0.2) is 72.0 Å². The number of carbonyl (C=O) groups excluding carboxylic acids is 1. The van der Waals surface area contributed by atoms with Gasteiger partial charge in [0.1, 0.15) is 11.9 Å². The zero-order valence-corrected chi connectivity index (χ0v) is 17.3. The molecule has 5 atom stereocenters. The summed E-state index contributed by atoms with van der Waals surface area (Å²) in [6.45, 7) is 0. The lowest BCUT2D eigenvalue weighted by Crippen LogP contribution is -2.41. The summed E-state index contributed by atoms with van der Waals surface area (Å²) >= 11 is 0. The molecule has 0 bridgehead atoms. The van der Waals surface area contributed by atoms with E-state index in [1.807, 2.05) is 0 Å². The highest BCUT2D eigenvalue weighted by molar-refractivity contribution is 5.88. The van der Waals surface area contributed by atoms with Gasteiger partial charge in [0.2, 0.25) is 11.7 Å². The van der Waals surface area contributed by atoms with E-state index in [1.165, 1.54) is 31.8 Å². The second-order valence-electron chi connectivity index (χ2n) is 8.01. The van der Waals surface area contributed by atoms with Gasteiger partial charge in [-0.2, -0.15) is 0 Å². The first-order valence-electron chi connectivity index (χ1n) is 10.1. The van der Waals surface area contributed by atoms with Gasteiger partial charge >= 0.3 is 0 Å². The van der Waals surface area contributed by atoms with Crippen molar-refractivity contribution in [2.24, 2.45) is 11.3 Å². The molecule has 3 heterocycles. The molecule has 2 unspecified atom stereocenters. The summed E-state index contributed by atoms with van der Waals surface area (Å²) in [6.07, 6.45) is 2.49. The molecule has 1 amide bonds. The fourth-order valence-electron chi connectivity index (χ4n) is 4.78. The van der Waals surface area contributed by atoms with Gasteiger partial charge in [-0.05, 0) is 18.4 Å². The maximum atomic E-state index is 12.4. The van der Waals surface area contributed by atoms with Crippen molar-refractivity contribution in [2.45, 2.75) is 24.7 Å². The number of nitrogens with zero attached hydrogens (tertiary/aromatic N) is 5. The summed E-state index contributed by atoms with van der Waals surface area (Å²) in [5, 5.41) is 36.6. The molecule has 0 saturated heterocycles. The number of anilines is 1. The molecule has 3 aromatic rings. The lowest BCUT2D eigenvalue weighted by atomic mass is 9.98. The third kappa shape index (κ3) is 2.80. The van der Waals surface area contributed by atoms with Crippen molar-refractivity contribution < 1.29 is 20.1 Å². The number of fused-ring (bicyclic) bond motifs is 2. The monoisotopic (exact) mass is 435 g/mol. The van der Waals surface area contributed by atoms with Crippen molar-refractivity contribution in [2.75, 3.05) is 19.4 Å². The van der Waals surface area contributed by atoms with Crippen LogP contribution in [0.2, 0.25) is 0 Å². The maximum Gasteiger partial charge on any atom is 0.229 e. The molecule has 2 fully saturated rings. The molecule has 0 aliphatic heterocycles. The van der Waals surface area contributed by atoms with E-state index < -0.39 is 23.7 Å². The molecule has 0 radical (unpaired) electrons. The molecular formula is C21H21N7O4. The Morgan fingerprint density at radius 3 is 2.78 bits per heavy atom. The summed E-state index contributed by atoms with van der Waals surface area (Å²) in [4.78, 5) is 29.6. The average molecular weight is 435 g/mol. The van der Waals surface area contributed by atoms with Crippen LogP contribution in [-0.2, 0) is 4.79 Å². The van der Waals surface area contributed by atoms with Gasteiger partial charge in [-0.1, -0.05) is 5.92 Å². The molecule has 2 aliphatic rings. The number of carbonyl (C=O) groups is 1. The predicted octanol–water partition coefficient (Wildman–Crippen LogP) is -0.603. The van der Waals surface area contributed by atoms with Crippen molar-refractivity contribution in [3.05, 3.63) is 36.2 Å². The number of aromatic hydroxyl groups is 1. The fourth-order valence-corrected chi connectivity index (χ4v) is 4.78. The van der Waals surface area contributed by atoms with Crippen LogP contribution in [0, 0.1) is 23.2 Å². The normalized spacial score (nSPS) is 28.0. The number of aliphatic hydroxyl groups is 2. The Balaban J connectivity index is 1.58. The molecule has 3 aromatic heterocycles. The van der Waals surface area contributed by atoms with E-state index in [0.29, 0.717) is 29.0 Å². The number of rotatable bonds is 3. The van der Waals surface area contributed by atoms with E-state index in [9.17, 15) is 20.1 Å². The summed E-state index contributed by atoms with van der Waals surface area (Å²) in [5.74, 6) is 5.85. The zero-order chi connectivity index (χ0) is 22.6. The average Bonchev–Trinajstić information content (AvgIpc) is 3.33. The van der Waals surface area contributed by atoms with Crippen molar-refractivity contribution in [3.8, 4) is 17.6 Å². The Bertz CT molecular complexity index is 1300. The van der Waals surface area contributed by atoms with Gasteiger partial charge in [0.15, 0.2) is 17.0 Å². The van der Waals surface area contributed by atoms with Crippen molar-refractivity contribution in [1.82, 2.24) is 29.8 Å². The van der Waals surface area contributed by atoms with Crippen LogP contribution in [0.4, 0.5) is 5.82 Å². The topological polar surface area (TPSA) is 158 Å². The number of hydrogen-bond acceptors (Lipinski definition) is 9. The van der Waals surface area contributed by atoms with Gasteiger partial charge in [0.25, 0.3) is 0 Å². The van der Waals surface area contributed by atoms with E-state index in [2.05, 4.69) is 42.4 Å². The van der Waals surface area contributed by atoms with Crippen LogP contribution < -0.4 is 10.6 Å². The van der Waals surface area contributed by atoms with Gasteiger partial charge < -0.3 is 30.5 Å². The Labute approximate surface area is 182 Å². The van der Waals surface area contributed by atoms with Crippen LogP contribution >= 0.6 is 0 Å². The van der Waals surface area contributed by atoms with E-state index in [1.54, 1.807) is 11.6 Å². The highest BCUT2D eigenvalue weighted by Crippen LogP contribution is 2.67. The number of imidazole rings is 1. The predicted molar refractivity (Wildman–Crippen MR) is 112 cm³/mol. The summed E-state index contributed by atoms with van der Waals surface area (Å²) < 4.78 is 1.69. The van der Waals surface area contributed by atoms with E-state index in [-0.39, 0.29) is 23.4 Å². The third-order valence-electron chi connectivity index (χ3n) is 6.34. The first kappa shape index (κ1) is 20.2. The van der Waals surface area contributed by atoms with Gasteiger partial charge in [-0.15, -0.1) is 0 Å². The molecule has 5 rings (SSSR count). The van der Waals surface area contributed by atoms with Gasteiger partial charge in [-0.25, -0.2) is 15.0 Å². The Kier molecular flexibility index (Phi) is 4.51. The minimum atomic E-state index is -1.18. The Hall–Kier alpha value is -3.75. The Morgan fingerprint density at radius 2 is 2.06 bits per heavy atom. The summed E-state index contributed by atoms with van der Waals surface area (Å²) in [6, 6.07) is 0.909. The van der Waals surface area contributed by atoms with Gasteiger partial charge in [-0.3, -0.25) is 9.78 Å². The number of nitrogens with one attached hydrogen (secondary N) is 2. The molecule has 2 saturated carbocycles. The lowest BCUT2D eigenvalue weighted by molar-refractivity contribution is -0.132. The van der Waals surface area contributed by atoms with Crippen LogP contribution in [0.25, 0.3) is 11.2 Å². The van der Waals surface area contributed by atoms with Crippen LogP contribution in [0.1, 0.15) is 23.9 Å². The van der Waals surface area contributed by atoms with E-state index in [4.69, 9.17) is 0 Å². The van der Waals surface area contributed by atoms with Crippen molar-refractivity contribution >= 4 is 22.9 Å². The Morgan fingerprint density at radius 1 is 1.25 bits per heavy atom. The first-order valence-corrected chi connectivity index (χ1v) is 10.1. The van der Waals surface area contributed by atoms with Crippen molar-refractivity contribution in [3.63, 3.8) is 0 Å². The molecule has 5 N–H and O–H groups in total. The molecular weight excluding hydrogens is 414 g/mol. The van der Waals surface area contributed by atoms with E-state index >= 15 is 0 Å². The minimum absolute atomic E-state index is 0.0000255. The first-order chi connectivity index (χ1) is 15.4. The highest BCUT2D eigenvalue weighted by Gasteiger charge is 2.75. The van der Waals surface area contributed by atoms with Crippen molar-refractivity contribution in [1.29, 1.82) is 0 Å². The summed E-state index contributed by atoms with van der Waals surface area (Å²) in [5.41, 5.74) is 0.408. The van der Waals surface area contributed by atoms with Crippen LogP contribution in [0.15, 0.2) is 24.8 Å². The number of hydrogen-bond donors (Lipinski definition) is 5.